The van der Waals surface area contributed by atoms with E-state index in [2.05, 4.69) is 4.98 Å². The Balaban J connectivity index is 1.27. The van der Waals surface area contributed by atoms with Gasteiger partial charge in [-0.15, -0.1) is 0 Å². The number of benzene rings is 2. The van der Waals surface area contributed by atoms with Gasteiger partial charge in [0.1, 0.15) is 11.6 Å². The number of nitrogens with zero attached hydrogens (tertiary/aromatic N) is 3. The number of ether oxygens (including phenoxy) is 1. The number of hydrogen-bond acceptors (Lipinski definition) is 5. The Morgan fingerprint density at radius 1 is 1.12 bits per heavy atom. The summed E-state index contributed by atoms with van der Waals surface area (Å²) in [5, 5.41) is 9.73. The van der Waals surface area contributed by atoms with Crippen LogP contribution in [0.5, 0.6) is 5.88 Å². The number of pyridine rings is 1. The molecule has 0 radical (unpaired) electrons. The van der Waals surface area contributed by atoms with E-state index >= 15 is 4.39 Å². The third-order valence-corrected chi connectivity index (χ3v) is 8.26. The van der Waals surface area contributed by atoms with Crippen LogP contribution in [0.2, 0.25) is 0 Å². The van der Waals surface area contributed by atoms with E-state index in [1.807, 2.05) is 40.7 Å². The fraction of sp³-hybridized carbons (Fsp3) is 0.394. The van der Waals surface area contributed by atoms with Gasteiger partial charge in [-0.05, 0) is 67.5 Å². The van der Waals surface area contributed by atoms with E-state index in [4.69, 9.17) is 10.5 Å². The second kappa shape index (κ2) is 13.0. The Bertz CT molecular complexity index is 1540. The molecule has 0 saturated carbocycles. The first-order valence-electron chi connectivity index (χ1n) is 14.5. The van der Waals surface area contributed by atoms with Gasteiger partial charge in [-0.3, -0.25) is 4.79 Å². The molecule has 5 rings (SSSR count). The molecule has 222 valence electrons. The molecule has 3 heterocycles. The number of halogens is 2. The molecule has 0 spiro atoms. The lowest BCUT2D eigenvalue weighted by Crippen LogP contribution is -2.42. The Hall–Kier alpha value is -3.82. The minimum absolute atomic E-state index is 0.00366. The minimum atomic E-state index is -0.444. The fourth-order valence-corrected chi connectivity index (χ4v) is 6.28. The molecule has 1 aliphatic heterocycles. The molecule has 1 saturated heterocycles. The molecule has 1 fully saturated rings. The van der Waals surface area contributed by atoms with Gasteiger partial charge in [-0.2, -0.15) is 0 Å². The van der Waals surface area contributed by atoms with Crippen LogP contribution in [-0.4, -0.2) is 58.3 Å². The van der Waals surface area contributed by atoms with Gasteiger partial charge in [0.15, 0.2) is 0 Å². The topological polar surface area (TPSA) is 93.6 Å². The summed E-state index contributed by atoms with van der Waals surface area (Å²) in [5.41, 5.74) is 11.3. The van der Waals surface area contributed by atoms with Crippen molar-refractivity contribution in [3.8, 4) is 17.0 Å². The molecule has 7 nitrogen and oxygen atoms in total. The van der Waals surface area contributed by atoms with Crippen LogP contribution in [0.15, 0.2) is 54.7 Å². The molecule has 42 heavy (non-hydrogen) atoms. The van der Waals surface area contributed by atoms with Crippen molar-refractivity contribution >= 4 is 16.8 Å². The van der Waals surface area contributed by atoms with Gasteiger partial charge in [0.25, 0.3) is 0 Å². The predicted octanol–water partition coefficient (Wildman–Crippen LogP) is 5.70. The van der Waals surface area contributed by atoms with E-state index in [9.17, 15) is 14.3 Å². The molecule has 2 aromatic heterocycles. The first kappa shape index (κ1) is 29.7. The first-order chi connectivity index (χ1) is 20.3. The summed E-state index contributed by atoms with van der Waals surface area (Å²) in [6.07, 6.45) is 4.71. The molecule has 1 amide bonds. The van der Waals surface area contributed by atoms with Crippen LogP contribution in [0, 0.1) is 18.6 Å². The van der Waals surface area contributed by atoms with Crippen molar-refractivity contribution in [2.45, 2.75) is 57.5 Å². The molecular weight excluding hydrogens is 538 g/mol. The number of carbonyl (C=O) groups excluding carboxylic acids is 1. The summed E-state index contributed by atoms with van der Waals surface area (Å²) < 4.78 is 37.1. The lowest BCUT2D eigenvalue weighted by molar-refractivity contribution is -0.132. The van der Waals surface area contributed by atoms with Gasteiger partial charge in [-0.25, -0.2) is 13.8 Å². The maximum absolute atomic E-state index is 15.0. The van der Waals surface area contributed by atoms with E-state index in [-0.39, 0.29) is 35.7 Å². The van der Waals surface area contributed by atoms with Crippen LogP contribution >= 0.6 is 0 Å². The van der Waals surface area contributed by atoms with E-state index in [0.29, 0.717) is 44.5 Å². The predicted molar refractivity (Wildman–Crippen MR) is 159 cm³/mol. The number of aryl methyl sites for hydroxylation is 2. The van der Waals surface area contributed by atoms with Gasteiger partial charge in [0, 0.05) is 80.6 Å². The van der Waals surface area contributed by atoms with Crippen molar-refractivity contribution in [2.75, 3.05) is 26.8 Å². The van der Waals surface area contributed by atoms with Crippen LogP contribution in [0.4, 0.5) is 8.78 Å². The van der Waals surface area contributed by atoms with Crippen molar-refractivity contribution in [1.82, 2.24) is 14.5 Å². The third-order valence-electron chi connectivity index (χ3n) is 8.26. The average Bonchev–Trinajstić information content (AvgIpc) is 3.29. The van der Waals surface area contributed by atoms with Crippen LogP contribution < -0.4 is 5.73 Å². The van der Waals surface area contributed by atoms with Crippen LogP contribution in [0.1, 0.15) is 48.4 Å². The highest BCUT2D eigenvalue weighted by molar-refractivity contribution is 5.87. The number of rotatable bonds is 10. The number of piperidine rings is 1. The van der Waals surface area contributed by atoms with Gasteiger partial charge in [0.2, 0.25) is 11.8 Å². The maximum atomic E-state index is 15.0. The summed E-state index contributed by atoms with van der Waals surface area (Å²) >= 11 is 0. The molecule has 2 atom stereocenters. The van der Waals surface area contributed by atoms with Crippen molar-refractivity contribution in [3.05, 3.63) is 83.2 Å². The number of fused-ring (bicyclic) bond motifs is 1. The quantitative estimate of drug-likeness (QED) is 0.236. The number of hydrogen-bond donors (Lipinski definition) is 2. The number of likely N-dealkylation sites (tertiary alicyclic amines) is 1. The van der Waals surface area contributed by atoms with Crippen molar-refractivity contribution in [3.63, 3.8) is 0 Å². The lowest BCUT2D eigenvalue weighted by Gasteiger charge is -2.34. The number of aromatic hydroxyl groups is 1. The third kappa shape index (κ3) is 6.32. The Kier molecular flexibility index (Phi) is 9.18. The molecule has 0 bridgehead atoms. The standard InChI is InChI=1S/C33H38F2N4O3/c1-21-31-27(34)11-12-28(35)33(31)39(15-4-16-42-2)32(21)25-5-3-14-38(20-25)30(41)18-26(36)17-22-6-8-23(9-7-22)24-10-13-29(40)37-19-24/h6-13,19,25-26H,3-5,14-18,20,36H2,1-2H3,(H,37,40)/t25-,26-/m1/s1. The van der Waals surface area contributed by atoms with Crippen LogP contribution in [0.3, 0.4) is 0 Å². The Labute approximate surface area is 244 Å². The molecular formula is C33H38F2N4O3. The number of carbonyl (C=O) groups is 1. The van der Waals surface area contributed by atoms with Gasteiger partial charge < -0.3 is 25.0 Å². The molecule has 0 aliphatic carbocycles. The SMILES string of the molecule is COCCCn1c([C@@H]2CCCN(C(=O)C[C@H](N)Cc3ccc(-c4ccc(O)nc4)cc3)C2)c(C)c2c(F)ccc(F)c21. The second-order valence-corrected chi connectivity index (χ2v) is 11.2. The van der Waals surface area contributed by atoms with Gasteiger partial charge in [0.05, 0.1) is 5.52 Å². The first-order valence-corrected chi connectivity index (χ1v) is 14.5. The number of methoxy groups -OCH3 is 1. The Morgan fingerprint density at radius 3 is 2.57 bits per heavy atom. The second-order valence-electron chi connectivity index (χ2n) is 11.2. The van der Waals surface area contributed by atoms with Crippen molar-refractivity contribution in [1.29, 1.82) is 0 Å². The summed E-state index contributed by atoms with van der Waals surface area (Å²) in [5.74, 6) is -0.933. The summed E-state index contributed by atoms with van der Waals surface area (Å²) in [6, 6.07) is 13.3. The lowest BCUT2D eigenvalue weighted by atomic mass is 9.91. The highest BCUT2D eigenvalue weighted by Crippen LogP contribution is 2.38. The molecule has 0 unspecified atom stereocenters. The van der Waals surface area contributed by atoms with Gasteiger partial charge >= 0.3 is 0 Å². The minimum Gasteiger partial charge on any atom is -0.493 e. The molecule has 2 aromatic carbocycles. The van der Waals surface area contributed by atoms with Crippen molar-refractivity contribution < 1.29 is 23.4 Å². The van der Waals surface area contributed by atoms with Gasteiger partial charge in [-0.1, -0.05) is 24.3 Å². The maximum Gasteiger partial charge on any atom is 0.224 e. The highest BCUT2D eigenvalue weighted by Gasteiger charge is 2.31. The molecule has 9 heteroatoms. The summed E-state index contributed by atoms with van der Waals surface area (Å²) in [7, 11) is 1.63. The van der Waals surface area contributed by atoms with E-state index in [1.165, 1.54) is 12.1 Å². The zero-order valence-electron chi connectivity index (χ0n) is 24.2. The molecule has 1 aliphatic rings. The largest absolute Gasteiger partial charge is 0.493 e. The van der Waals surface area contributed by atoms with E-state index < -0.39 is 11.6 Å². The number of aromatic nitrogens is 2. The van der Waals surface area contributed by atoms with Crippen LogP contribution in [0.25, 0.3) is 22.0 Å². The monoisotopic (exact) mass is 576 g/mol. The number of nitrogens with two attached hydrogens (primary N) is 1. The normalized spacial score (nSPS) is 16.2. The summed E-state index contributed by atoms with van der Waals surface area (Å²) in [4.78, 5) is 19.2. The Morgan fingerprint density at radius 2 is 1.86 bits per heavy atom. The molecule has 3 N–H and O–H groups in total. The highest BCUT2D eigenvalue weighted by atomic mass is 19.1. The van der Waals surface area contributed by atoms with E-state index in [1.54, 1.807) is 25.4 Å². The number of amides is 1. The average molecular weight is 577 g/mol. The van der Waals surface area contributed by atoms with Crippen LogP contribution in [-0.2, 0) is 22.5 Å². The van der Waals surface area contributed by atoms with Crippen molar-refractivity contribution in [2.24, 2.45) is 5.73 Å². The summed E-state index contributed by atoms with van der Waals surface area (Å²) in [6.45, 7) is 4.01. The fourth-order valence-electron chi connectivity index (χ4n) is 6.28. The smallest absolute Gasteiger partial charge is 0.224 e. The zero-order valence-corrected chi connectivity index (χ0v) is 24.2. The molecule has 4 aromatic rings. The zero-order chi connectivity index (χ0) is 29.8. The van der Waals surface area contributed by atoms with E-state index in [0.717, 1.165) is 40.8 Å².